The standard InChI is InChI=1S/C14H19BrO3/c1-2-3-12(8-16)14(17)10-18-9-11-4-6-13(15)7-5-11/h2,4-7,12,14,16-17H,1,3,8-10H2/t12-,14-/m1/s1. The smallest absolute Gasteiger partial charge is 0.0826 e. The van der Waals surface area contributed by atoms with Crippen LogP contribution in [0.3, 0.4) is 0 Å². The van der Waals surface area contributed by atoms with Gasteiger partial charge in [0.05, 0.1) is 19.3 Å². The average molecular weight is 315 g/mol. The molecule has 0 aliphatic carbocycles. The molecule has 3 nitrogen and oxygen atoms in total. The molecule has 4 heteroatoms. The van der Waals surface area contributed by atoms with Crippen molar-refractivity contribution < 1.29 is 14.9 Å². The number of hydrogen-bond acceptors (Lipinski definition) is 3. The molecule has 0 fully saturated rings. The van der Waals surface area contributed by atoms with Gasteiger partial charge in [-0.1, -0.05) is 34.1 Å². The third-order valence-corrected chi connectivity index (χ3v) is 3.25. The molecule has 0 saturated carbocycles. The topological polar surface area (TPSA) is 49.7 Å². The summed E-state index contributed by atoms with van der Waals surface area (Å²) in [6.07, 6.45) is 1.61. The number of allylic oxidation sites excluding steroid dienone is 1. The van der Waals surface area contributed by atoms with Gasteiger partial charge in [-0.2, -0.15) is 0 Å². The fraction of sp³-hybridized carbons (Fsp3) is 0.429. The Balaban J connectivity index is 2.32. The Labute approximate surface area is 116 Å². The second-order valence-electron chi connectivity index (χ2n) is 4.18. The molecule has 1 rings (SSSR count). The van der Waals surface area contributed by atoms with E-state index in [2.05, 4.69) is 22.5 Å². The second kappa shape index (κ2) is 8.43. The summed E-state index contributed by atoms with van der Waals surface area (Å²) in [5, 5.41) is 18.9. The van der Waals surface area contributed by atoms with Crippen LogP contribution in [-0.2, 0) is 11.3 Å². The molecular weight excluding hydrogens is 296 g/mol. The Morgan fingerprint density at radius 2 is 2.00 bits per heavy atom. The molecular formula is C14H19BrO3. The summed E-state index contributed by atoms with van der Waals surface area (Å²) in [6, 6.07) is 7.82. The highest BCUT2D eigenvalue weighted by Gasteiger charge is 2.16. The van der Waals surface area contributed by atoms with Crippen LogP contribution in [0.15, 0.2) is 41.4 Å². The Kier molecular flexibility index (Phi) is 7.20. The zero-order valence-corrected chi connectivity index (χ0v) is 11.8. The quantitative estimate of drug-likeness (QED) is 0.725. The van der Waals surface area contributed by atoms with E-state index in [9.17, 15) is 5.11 Å². The highest BCUT2D eigenvalue weighted by molar-refractivity contribution is 9.10. The second-order valence-corrected chi connectivity index (χ2v) is 5.09. The van der Waals surface area contributed by atoms with Gasteiger partial charge in [0, 0.05) is 17.0 Å². The number of benzene rings is 1. The van der Waals surface area contributed by atoms with Gasteiger partial charge < -0.3 is 14.9 Å². The van der Waals surface area contributed by atoms with Crippen molar-refractivity contribution in [2.75, 3.05) is 13.2 Å². The summed E-state index contributed by atoms with van der Waals surface area (Å²) < 4.78 is 6.47. The lowest BCUT2D eigenvalue weighted by Gasteiger charge is -2.19. The van der Waals surface area contributed by atoms with E-state index in [0.717, 1.165) is 10.0 Å². The highest BCUT2D eigenvalue weighted by atomic mass is 79.9. The van der Waals surface area contributed by atoms with E-state index in [1.165, 1.54) is 0 Å². The zero-order valence-electron chi connectivity index (χ0n) is 10.3. The van der Waals surface area contributed by atoms with E-state index in [1.807, 2.05) is 24.3 Å². The van der Waals surface area contributed by atoms with Crippen molar-refractivity contribution in [1.82, 2.24) is 0 Å². The SMILES string of the molecule is C=CC[C@H](CO)[C@H](O)COCc1ccc(Br)cc1. The van der Waals surface area contributed by atoms with Crippen molar-refractivity contribution in [3.8, 4) is 0 Å². The highest BCUT2D eigenvalue weighted by Crippen LogP contribution is 2.13. The molecule has 0 radical (unpaired) electrons. The predicted octanol–water partition coefficient (Wildman–Crippen LogP) is 2.51. The first-order valence-electron chi connectivity index (χ1n) is 5.89. The van der Waals surface area contributed by atoms with Crippen LogP contribution in [0.2, 0.25) is 0 Å². The number of rotatable bonds is 8. The molecule has 0 aliphatic rings. The summed E-state index contributed by atoms with van der Waals surface area (Å²) >= 11 is 3.36. The molecule has 1 aromatic rings. The summed E-state index contributed by atoms with van der Waals surface area (Å²) in [4.78, 5) is 0. The van der Waals surface area contributed by atoms with E-state index in [0.29, 0.717) is 13.0 Å². The first-order valence-corrected chi connectivity index (χ1v) is 6.68. The molecule has 18 heavy (non-hydrogen) atoms. The van der Waals surface area contributed by atoms with Gasteiger partial charge >= 0.3 is 0 Å². The van der Waals surface area contributed by atoms with Crippen LogP contribution >= 0.6 is 15.9 Å². The molecule has 2 N–H and O–H groups in total. The van der Waals surface area contributed by atoms with Crippen molar-refractivity contribution in [3.63, 3.8) is 0 Å². The fourth-order valence-corrected chi connectivity index (χ4v) is 1.85. The van der Waals surface area contributed by atoms with Crippen molar-refractivity contribution in [3.05, 3.63) is 47.0 Å². The molecule has 0 heterocycles. The summed E-state index contributed by atoms with van der Waals surface area (Å²) in [7, 11) is 0. The van der Waals surface area contributed by atoms with E-state index >= 15 is 0 Å². The third kappa shape index (κ3) is 5.31. The number of halogens is 1. The van der Waals surface area contributed by atoms with Gasteiger partial charge in [0.25, 0.3) is 0 Å². The van der Waals surface area contributed by atoms with E-state index in [1.54, 1.807) is 6.08 Å². The lowest BCUT2D eigenvalue weighted by atomic mass is 10.0. The zero-order chi connectivity index (χ0) is 13.4. The average Bonchev–Trinajstić information content (AvgIpc) is 2.38. The largest absolute Gasteiger partial charge is 0.396 e. The maximum atomic E-state index is 9.82. The molecule has 0 aromatic heterocycles. The minimum absolute atomic E-state index is 0.0607. The van der Waals surface area contributed by atoms with Gasteiger partial charge in [-0.25, -0.2) is 0 Å². The molecule has 0 saturated heterocycles. The molecule has 0 spiro atoms. The van der Waals surface area contributed by atoms with Gasteiger partial charge in [-0.15, -0.1) is 6.58 Å². The summed E-state index contributed by atoms with van der Waals surface area (Å²) in [5.74, 6) is -0.201. The molecule has 1 aromatic carbocycles. The van der Waals surface area contributed by atoms with E-state index in [-0.39, 0.29) is 19.1 Å². The van der Waals surface area contributed by atoms with Gasteiger partial charge in [-0.3, -0.25) is 0 Å². The van der Waals surface area contributed by atoms with Crippen LogP contribution in [0.5, 0.6) is 0 Å². The Bertz CT molecular complexity index is 351. The normalized spacial score (nSPS) is 14.2. The molecule has 0 unspecified atom stereocenters. The third-order valence-electron chi connectivity index (χ3n) is 2.72. The Hall–Kier alpha value is -0.680. The van der Waals surface area contributed by atoms with Crippen LogP contribution in [0, 0.1) is 5.92 Å². The number of hydrogen-bond donors (Lipinski definition) is 2. The number of aliphatic hydroxyl groups excluding tert-OH is 2. The maximum Gasteiger partial charge on any atom is 0.0826 e. The molecule has 0 aliphatic heterocycles. The minimum atomic E-state index is -0.663. The molecule has 100 valence electrons. The molecule has 0 amide bonds. The lowest BCUT2D eigenvalue weighted by molar-refractivity contribution is -0.0152. The first-order chi connectivity index (χ1) is 8.67. The van der Waals surface area contributed by atoms with Crippen LogP contribution in [0.4, 0.5) is 0 Å². The van der Waals surface area contributed by atoms with Crippen LogP contribution in [0.1, 0.15) is 12.0 Å². The lowest BCUT2D eigenvalue weighted by Crippen LogP contribution is -2.28. The van der Waals surface area contributed by atoms with Gasteiger partial charge in [-0.05, 0) is 24.1 Å². The van der Waals surface area contributed by atoms with E-state index < -0.39 is 6.10 Å². The van der Waals surface area contributed by atoms with Gasteiger partial charge in [0.1, 0.15) is 0 Å². The van der Waals surface area contributed by atoms with Crippen molar-refractivity contribution in [2.24, 2.45) is 5.92 Å². The monoisotopic (exact) mass is 314 g/mol. The van der Waals surface area contributed by atoms with Gasteiger partial charge in [0.15, 0.2) is 0 Å². The van der Waals surface area contributed by atoms with Gasteiger partial charge in [0.2, 0.25) is 0 Å². The van der Waals surface area contributed by atoms with Crippen molar-refractivity contribution in [1.29, 1.82) is 0 Å². The van der Waals surface area contributed by atoms with Crippen LogP contribution in [0.25, 0.3) is 0 Å². The van der Waals surface area contributed by atoms with E-state index in [4.69, 9.17) is 9.84 Å². The summed E-state index contributed by atoms with van der Waals surface area (Å²) in [5.41, 5.74) is 1.05. The fourth-order valence-electron chi connectivity index (χ4n) is 1.58. The van der Waals surface area contributed by atoms with Crippen molar-refractivity contribution in [2.45, 2.75) is 19.1 Å². The predicted molar refractivity (Wildman–Crippen MR) is 75.2 cm³/mol. The van der Waals surface area contributed by atoms with Crippen molar-refractivity contribution >= 4 is 15.9 Å². The molecule has 2 atom stereocenters. The minimum Gasteiger partial charge on any atom is -0.396 e. The van der Waals surface area contributed by atoms with Crippen LogP contribution < -0.4 is 0 Å². The number of aliphatic hydroxyl groups is 2. The first kappa shape index (κ1) is 15.4. The molecule has 0 bridgehead atoms. The van der Waals surface area contributed by atoms with Crippen LogP contribution in [-0.4, -0.2) is 29.5 Å². The summed E-state index contributed by atoms with van der Waals surface area (Å²) in [6.45, 7) is 4.21. The maximum absolute atomic E-state index is 9.82. The Morgan fingerprint density at radius 1 is 1.33 bits per heavy atom. The number of ether oxygens (including phenoxy) is 1. The Morgan fingerprint density at radius 3 is 2.56 bits per heavy atom.